The molecule has 0 radical (unpaired) electrons. The fourth-order valence-electron chi connectivity index (χ4n) is 3.63. The van der Waals surface area contributed by atoms with E-state index in [1.165, 1.54) is 32.3 Å². The third kappa shape index (κ3) is 4.76. The van der Waals surface area contributed by atoms with Gasteiger partial charge in [0.25, 0.3) is 0 Å². The van der Waals surface area contributed by atoms with Crippen molar-refractivity contribution in [3.05, 3.63) is 33.8 Å². The van der Waals surface area contributed by atoms with Gasteiger partial charge in [0, 0.05) is 38.5 Å². The molecule has 1 aromatic carbocycles. The van der Waals surface area contributed by atoms with Gasteiger partial charge in [0.2, 0.25) is 21.1 Å². The summed E-state index contributed by atoms with van der Waals surface area (Å²) in [4.78, 5) is 24.7. The molecule has 0 bridgehead atoms. The van der Waals surface area contributed by atoms with E-state index in [0.29, 0.717) is 29.7 Å². The van der Waals surface area contributed by atoms with Crippen LogP contribution in [0, 0.1) is 5.92 Å². The van der Waals surface area contributed by atoms with Gasteiger partial charge in [0.05, 0.1) is 10.4 Å². The monoisotopic (exact) mass is 479 g/mol. The number of carbonyl (C=O) groups excluding carboxylic acids is 1. The molecule has 2 aromatic heterocycles. The second kappa shape index (κ2) is 9.12. The fraction of sp³-hybridized carbons (Fsp3) is 0.500. The molecule has 0 spiro atoms. The molecule has 0 atom stereocenters. The number of amides is 1. The number of nitrogens with one attached hydrogen (secondary N) is 1. The zero-order valence-electron chi connectivity index (χ0n) is 17.9. The number of benzene rings is 1. The maximum atomic E-state index is 12.8. The number of carbonyl (C=O) groups is 1. The van der Waals surface area contributed by atoms with Crippen molar-refractivity contribution in [3.63, 3.8) is 0 Å². The molecule has 1 saturated heterocycles. The topological polar surface area (TPSA) is 127 Å². The molecule has 1 aliphatic rings. The van der Waals surface area contributed by atoms with Gasteiger partial charge >= 0.3 is 5.76 Å². The molecule has 32 heavy (non-hydrogen) atoms. The average Bonchev–Trinajstić information content (AvgIpc) is 3.46. The van der Waals surface area contributed by atoms with Crippen molar-refractivity contribution in [2.45, 2.75) is 51.0 Å². The van der Waals surface area contributed by atoms with Crippen molar-refractivity contribution in [2.75, 3.05) is 18.4 Å². The van der Waals surface area contributed by atoms with E-state index in [9.17, 15) is 18.0 Å². The largest absolute Gasteiger partial charge is 0.419 e. The minimum absolute atomic E-state index is 0.0292. The van der Waals surface area contributed by atoms with E-state index in [4.69, 9.17) is 4.42 Å². The summed E-state index contributed by atoms with van der Waals surface area (Å²) >= 11 is 1.33. The normalized spacial score (nSPS) is 15.1. The van der Waals surface area contributed by atoms with Crippen LogP contribution < -0.4 is 11.1 Å². The summed E-state index contributed by atoms with van der Waals surface area (Å²) in [6.07, 6.45) is 2.50. The molecule has 10 nitrogen and oxygen atoms in total. The lowest BCUT2D eigenvalue weighted by molar-refractivity contribution is -0.116. The minimum Gasteiger partial charge on any atom is -0.408 e. The van der Waals surface area contributed by atoms with Crippen molar-refractivity contribution >= 4 is 43.5 Å². The lowest BCUT2D eigenvalue weighted by Crippen LogP contribution is -2.27. The first-order valence-electron chi connectivity index (χ1n) is 10.5. The van der Waals surface area contributed by atoms with Crippen molar-refractivity contribution in [1.82, 2.24) is 19.1 Å². The van der Waals surface area contributed by atoms with E-state index in [1.54, 1.807) is 6.07 Å². The Labute approximate surface area is 189 Å². The Balaban J connectivity index is 1.45. The number of anilines is 1. The number of aromatic nitrogens is 3. The Morgan fingerprint density at radius 1 is 1.25 bits per heavy atom. The number of hydrogen-bond donors (Lipinski definition) is 1. The summed E-state index contributed by atoms with van der Waals surface area (Å²) in [6.45, 7) is 5.24. The molecule has 0 saturated carbocycles. The van der Waals surface area contributed by atoms with Crippen LogP contribution in [0.1, 0.15) is 38.1 Å². The molecule has 1 aliphatic heterocycles. The first-order chi connectivity index (χ1) is 15.2. The third-order valence-corrected chi connectivity index (χ3v) is 7.96. The summed E-state index contributed by atoms with van der Waals surface area (Å²) in [5.74, 6) is -0.496. The van der Waals surface area contributed by atoms with Crippen molar-refractivity contribution in [3.8, 4) is 0 Å². The summed E-state index contributed by atoms with van der Waals surface area (Å²) < 4.78 is 33.5. The molecular formula is C20H25N5O5S2. The SMILES string of the molecule is CC(C)Cc1nnc(NC(=O)CCn2c(=O)oc3cc(S(=O)(=O)N4CCCC4)ccc32)s1. The summed E-state index contributed by atoms with van der Waals surface area (Å²) in [5, 5.41) is 12.0. The Morgan fingerprint density at radius 2 is 2.00 bits per heavy atom. The van der Waals surface area contributed by atoms with Gasteiger partial charge in [-0.1, -0.05) is 25.2 Å². The van der Waals surface area contributed by atoms with Crippen LogP contribution >= 0.6 is 11.3 Å². The molecular weight excluding hydrogens is 454 g/mol. The van der Waals surface area contributed by atoms with E-state index in [1.807, 2.05) is 0 Å². The highest BCUT2D eigenvalue weighted by Crippen LogP contribution is 2.24. The van der Waals surface area contributed by atoms with Crippen molar-refractivity contribution in [2.24, 2.45) is 5.92 Å². The predicted molar refractivity (Wildman–Crippen MR) is 120 cm³/mol. The van der Waals surface area contributed by atoms with Gasteiger partial charge in [0.15, 0.2) is 5.58 Å². The number of hydrogen-bond acceptors (Lipinski definition) is 8. The highest BCUT2D eigenvalue weighted by Gasteiger charge is 2.28. The van der Waals surface area contributed by atoms with Gasteiger partial charge in [-0.05, 0) is 30.9 Å². The third-order valence-electron chi connectivity index (χ3n) is 5.20. The molecule has 3 aromatic rings. The second-order valence-electron chi connectivity index (χ2n) is 8.16. The standard InChI is InChI=1S/C20H25N5O5S2/c1-13(2)11-18-22-23-19(31-18)21-17(26)7-10-25-15-6-5-14(12-16(15)30-20(25)27)32(28,29)24-8-3-4-9-24/h5-6,12-13H,3-4,7-11H2,1-2H3,(H,21,23,26). The number of sulfonamides is 1. The fourth-order valence-corrected chi connectivity index (χ4v) is 6.13. The lowest BCUT2D eigenvalue weighted by Gasteiger charge is -2.15. The summed E-state index contributed by atoms with van der Waals surface area (Å²) in [6, 6.07) is 4.39. The molecule has 12 heteroatoms. The molecule has 4 rings (SSSR count). The van der Waals surface area contributed by atoms with Gasteiger partial charge in [-0.25, -0.2) is 13.2 Å². The van der Waals surface area contributed by atoms with Gasteiger partial charge in [-0.15, -0.1) is 10.2 Å². The van der Waals surface area contributed by atoms with E-state index < -0.39 is 15.8 Å². The van der Waals surface area contributed by atoms with E-state index in [-0.39, 0.29) is 29.4 Å². The highest BCUT2D eigenvalue weighted by molar-refractivity contribution is 7.89. The van der Waals surface area contributed by atoms with Crippen LogP contribution in [-0.4, -0.2) is 46.5 Å². The lowest BCUT2D eigenvalue weighted by atomic mass is 10.1. The van der Waals surface area contributed by atoms with E-state index in [0.717, 1.165) is 24.3 Å². The Morgan fingerprint density at radius 3 is 2.72 bits per heavy atom. The zero-order chi connectivity index (χ0) is 22.9. The quantitative estimate of drug-likeness (QED) is 0.526. The van der Waals surface area contributed by atoms with Gasteiger partial charge < -0.3 is 9.73 Å². The van der Waals surface area contributed by atoms with E-state index >= 15 is 0 Å². The average molecular weight is 480 g/mol. The molecule has 172 valence electrons. The van der Waals surface area contributed by atoms with Gasteiger partial charge in [-0.2, -0.15) is 4.31 Å². The zero-order valence-corrected chi connectivity index (χ0v) is 19.5. The number of rotatable bonds is 8. The van der Waals surface area contributed by atoms with Crippen LogP contribution in [0.4, 0.5) is 5.13 Å². The molecule has 3 heterocycles. The van der Waals surface area contributed by atoms with Gasteiger partial charge in [-0.3, -0.25) is 9.36 Å². The minimum atomic E-state index is -3.61. The van der Waals surface area contributed by atoms with Crippen molar-refractivity contribution in [1.29, 1.82) is 0 Å². The first-order valence-corrected chi connectivity index (χ1v) is 12.8. The van der Waals surface area contributed by atoms with E-state index in [2.05, 4.69) is 29.4 Å². The smallest absolute Gasteiger partial charge is 0.408 e. The molecule has 1 N–H and O–H groups in total. The van der Waals surface area contributed by atoms with Crippen LogP contribution in [0.2, 0.25) is 0 Å². The molecule has 1 amide bonds. The second-order valence-corrected chi connectivity index (χ2v) is 11.2. The van der Waals surface area contributed by atoms with Crippen molar-refractivity contribution < 1.29 is 17.6 Å². The maximum Gasteiger partial charge on any atom is 0.419 e. The molecule has 0 unspecified atom stereocenters. The Kier molecular flexibility index (Phi) is 6.45. The summed E-state index contributed by atoms with van der Waals surface area (Å²) in [5.41, 5.74) is 0.622. The van der Waals surface area contributed by atoms with Crippen LogP contribution in [0.15, 0.2) is 32.3 Å². The Hall–Kier alpha value is -2.57. The number of nitrogens with zero attached hydrogens (tertiary/aromatic N) is 4. The number of oxazole rings is 1. The van der Waals surface area contributed by atoms with Crippen LogP contribution in [0.25, 0.3) is 11.1 Å². The number of fused-ring (bicyclic) bond motifs is 1. The first kappa shape index (κ1) is 22.6. The molecule has 0 aliphatic carbocycles. The summed E-state index contributed by atoms with van der Waals surface area (Å²) in [7, 11) is -3.61. The highest BCUT2D eigenvalue weighted by atomic mass is 32.2. The van der Waals surface area contributed by atoms with Gasteiger partial charge in [0.1, 0.15) is 5.01 Å². The van der Waals surface area contributed by atoms with Crippen LogP contribution in [0.3, 0.4) is 0 Å². The Bertz CT molecular complexity index is 1290. The number of aryl methyl sites for hydroxylation is 1. The molecule has 1 fully saturated rings. The van der Waals surface area contributed by atoms with Crippen LogP contribution in [0.5, 0.6) is 0 Å². The van der Waals surface area contributed by atoms with Crippen LogP contribution in [-0.2, 0) is 27.8 Å². The predicted octanol–water partition coefficient (Wildman–Crippen LogP) is 2.46. The maximum absolute atomic E-state index is 12.8.